The molecule has 1 aromatic heterocycles. The third-order valence-electron chi connectivity index (χ3n) is 5.31. The smallest absolute Gasteiger partial charge is 0.177 e. The van der Waals surface area contributed by atoms with E-state index in [1.165, 1.54) is 5.56 Å². The Labute approximate surface area is 142 Å². The van der Waals surface area contributed by atoms with E-state index in [0.717, 1.165) is 35.6 Å². The second-order valence-electron chi connectivity index (χ2n) is 7.95. The van der Waals surface area contributed by atoms with Crippen LogP contribution in [0.5, 0.6) is 0 Å². The number of aliphatic imine (C=N–C) groups is 1. The maximum Gasteiger partial charge on any atom is 0.177 e. The number of aryl methyl sites for hydroxylation is 1. The number of hydrogen-bond acceptors (Lipinski definition) is 3. The van der Waals surface area contributed by atoms with E-state index in [1.54, 1.807) is 0 Å². The molecule has 2 aromatic rings. The molecular weight excluding hydrogens is 298 g/mol. The topological polar surface area (TPSA) is 58.1 Å². The number of ketones is 1. The van der Waals surface area contributed by atoms with Crippen LogP contribution in [0.1, 0.15) is 49.4 Å². The van der Waals surface area contributed by atoms with Crippen LogP contribution in [0.2, 0.25) is 0 Å². The van der Waals surface area contributed by atoms with Crippen LogP contribution in [-0.2, 0) is 11.2 Å². The van der Waals surface area contributed by atoms with Crippen molar-refractivity contribution in [1.29, 1.82) is 0 Å². The van der Waals surface area contributed by atoms with Gasteiger partial charge in [-0.25, -0.2) is 4.99 Å². The number of H-pyrrole nitrogens is 1. The van der Waals surface area contributed by atoms with Gasteiger partial charge in [-0.05, 0) is 30.7 Å². The van der Waals surface area contributed by atoms with Crippen LogP contribution in [0.3, 0.4) is 0 Å². The number of benzene rings is 1. The molecule has 124 valence electrons. The lowest BCUT2D eigenvalue weighted by atomic mass is 9.64. The minimum Gasteiger partial charge on any atom is -0.299 e. The van der Waals surface area contributed by atoms with Gasteiger partial charge in [-0.15, -0.1) is 0 Å². The molecule has 1 aliphatic carbocycles. The van der Waals surface area contributed by atoms with Crippen molar-refractivity contribution >= 4 is 17.3 Å². The summed E-state index contributed by atoms with van der Waals surface area (Å²) in [7, 11) is 0. The summed E-state index contributed by atoms with van der Waals surface area (Å²) >= 11 is 0. The first-order valence-electron chi connectivity index (χ1n) is 8.63. The van der Waals surface area contributed by atoms with Gasteiger partial charge >= 0.3 is 0 Å². The maximum absolute atomic E-state index is 13.0. The minimum absolute atomic E-state index is 0.00737. The number of rotatable bonds is 2. The molecule has 1 saturated carbocycles. The Morgan fingerprint density at radius 2 is 1.96 bits per heavy atom. The summed E-state index contributed by atoms with van der Waals surface area (Å²) < 4.78 is 0. The second-order valence-corrected chi connectivity index (χ2v) is 7.95. The van der Waals surface area contributed by atoms with Crippen LogP contribution >= 0.6 is 0 Å². The molecule has 4 rings (SSSR count). The predicted octanol–water partition coefficient (Wildman–Crippen LogP) is 4.14. The van der Waals surface area contributed by atoms with E-state index in [-0.39, 0.29) is 17.3 Å². The summed E-state index contributed by atoms with van der Waals surface area (Å²) in [5, 5.41) is 7.46. The number of aromatic nitrogens is 2. The fourth-order valence-corrected chi connectivity index (χ4v) is 4.34. The first kappa shape index (κ1) is 15.3. The monoisotopic (exact) mass is 321 g/mol. The fraction of sp³-hybridized carbons (Fsp3) is 0.450. The summed E-state index contributed by atoms with van der Waals surface area (Å²) in [4.78, 5) is 17.8. The van der Waals surface area contributed by atoms with Gasteiger partial charge in [0.25, 0.3) is 0 Å². The standard InChI is InChI=1S/C20H23N3O/c1-12-17-14(9-13-7-5-4-6-8-13)18-15(21-19(17)23-22-12)10-20(2,3)11-16(18)24/h4-8,14,18H,9-11H2,1-3H3,(H,22,23). The van der Waals surface area contributed by atoms with Crippen molar-refractivity contribution in [3.63, 3.8) is 0 Å². The van der Waals surface area contributed by atoms with E-state index in [4.69, 9.17) is 4.99 Å². The first-order valence-corrected chi connectivity index (χ1v) is 8.63. The molecule has 0 spiro atoms. The zero-order chi connectivity index (χ0) is 16.9. The van der Waals surface area contributed by atoms with Crippen molar-refractivity contribution in [1.82, 2.24) is 10.2 Å². The first-order chi connectivity index (χ1) is 11.4. The number of Topliss-reactive ketones (excluding diaryl/α,β-unsaturated/α-hetero) is 1. The van der Waals surface area contributed by atoms with Crippen molar-refractivity contribution in [2.45, 2.75) is 46.0 Å². The molecule has 4 nitrogen and oxygen atoms in total. The van der Waals surface area contributed by atoms with Gasteiger partial charge in [0.15, 0.2) is 5.82 Å². The van der Waals surface area contributed by atoms with Crippen LogP contribution < -0.4 is 0 Å². The molecule has 2 unspecified atom stereocenters. The number of carbonyl (C=O) groups is 1. The van der Waals surface area contributed by atoms with Crippen LogP contribution in [0, 0.1) is 18.3 Å². The summed E-state index contributed by atoms with van der Waals surface area (Å²) in [6.45, 7) is 6.34. The van der Waals surface area contributed by atoms with Crippen LogP contribution in [0.15, 0.2) is 35.3 Å². The lowest BCUT2D eigenvalue weighted by Crippen LogP contribution is -2.42. The summed E-state index contributed by atoms with van der Waals surface area (Å²) in [6, 6.07) is 10.4. The van der Waals surface area contributed by atoms with Crippen molar-refractivity contribution in [2.75, 3.05) is 0 Å². The van der Waals surface area contributed by atoms with Gasteiger partial charge in [0.05, 0.1) is 5.92 Å². The molecule has 1 fully saturated rings. The molecule has 1 aromatic carbocycles. The van der Waals surface area contributed by atoms with E-state index in [9.17, 15) is 4.79 Å². The van der Waals surface area contributed by atoms with Gasteiger partial charge < -0.3 is 0 Å². The van der Waals surface area contributed by atoms with Crippen LogP contribution in [0.4, 0.5) is 5.82 Å². The highest BCUT2D eigenvalue weighted by molar-refractivity contribution is 6.10. The average molecular weight is 321 g/mol. The van der Waals surface area contributed by atoms with Gasteiger partial charge in [-0.1, -0.05) is 44.2 Å². The molecule has 2 aliphatic rings. The van der Waals surface area contributed by atoms with Crippen molar-refractivity contribution < 1.29 is 4.79 Å². The second kappa shape index (κ2) is 5.40. The van der Waals surface area contributed by atoms with E-state index in [2.05, 4.69) is 48.3 Å². The number of carbonyl (C=O) groups excluding carboxylic acids is 1. The van der Waals surface area contributed by atoms with E-state index in [1.807, 2.05) is 13.0 Å². The molecule has 2 heterocycles. The van der Waals surface area contributed by atoms with Gasteiger partial charge in [-0.3, -0.25) is 9.89 Å². The Bertz CT molecular complexity index is 817. The van der Waals surface area contributed by atoms with Crippen molar-refractivity contribution in [3.05, 3.63) is 47.2 Å². The molecule has 1 N–H and O–H groups in total. The number of nitrogens with zero attached hydrogens (tertiary/aromatic N) is 2. The summed E-state index contributed by atoms with van der Waals surface area (Å²) in [6.07, 6.45) is 2.36. The SMILES string of the molecule is Cc1[nH]nc2c1C(Cc1ccccc1)C1C(=O)CC(C)(C)CC1=N2. The van der Waals surface area contributed by atoms with Gasteiger partial charge in [-0.2, -0.15) is 5.10 Å². The van der Waals surface area contributed by atoms with Crippen molar-refractivity contribution in [3.8, 4) is 0 Å². The third kappa shape index (κ3) is 2.50. The number of fused-ring (bicyclic) bond motifs is 2. The molecule has 24 heavy (non-hydrogen) atoms. The highest BCUT2D eigenvalue weighted by Gasteiger charge is 2.46. The molecule has 2 atom stereocenters. The average Bonchev–Trinajstić information content (AvgIpc) is 2.87. The minimum atomic E-state index is -0.0953. The summed E-state index contributed by atoms with van der Waals surface area (Å²) in [5.74, 6) is 1.15. The fourth-order valence-electron chi connectivity index (χ4n) is 4.34. The van der Waals surface area contributed by atoms with Gasteiger partial charge in [0, 0.05) is 29.3 Å². The van der Waals surface area contributed by atoms with E-state index < -0.39 is 0 Å². The normalized spacial score (nSPS) is 25.0. The molecule has 1 aliphatic heterocycles. The zero-order valence-electron chi connectivity index (χ0n) is 14.5. The van der Waals surface area contributed by atoms with Gasteiger partial charge in [0.1, 0.15) is 5.78 Å². The highest BCUT2D eigenvalue weighted by Crippen LogP contribution is 2.47. The quantitative estimate of drug-likeness (QED) is 0.904. The van der Waals surface area contributed by atoms with E-state index >= 15 is 0 Å². The number of nitrogens with one attached hydrogen (secondary N) is 1. The van der Waals surface area contributed by atoms with Crippen LogP contribution in [0.25, 0.3) is 0 Å². The summed E-state index contributed by atoms with van der Waals surface area (Å²) in [5.41, 5.74) is 4.43. The Morgan fingerprint density at radius 3 is 2.71 bits per heavy atom. The molecule has 4 heteroatoms. The Kier molecular flexibility index (Phi) is 3.44. The largest absolute Gasteiger partial charge is 0.299 e. The highest BCUT2D eigenvalue weighted by atomic mass is 16.1. The van der Waals surface area contributed by atoms with Crippen molar-refractivity contribution in [2.24, 2.45) is 16.3 Å². The Balaban J connectivity index is 1.80. The Hall–Kier alpha value is -2.23. The molecule has 0 radical (unpaired) electrons. The van der Waals surface area contributed by atoms with E-state index in [0.29, 0.717) is 12.2 Å². The number of hydrogen-bond donors (Lipinski definition) is 1. The molecule has 0 saturated heterocycles. The zero-order valence-corrected chi connectivity index (χ0v) is 14.5. The maximum atomic E-state index is 13.0. The Morgan fingerprint density at radius 1 is 1.21 bits per heavy atom. The molecule has 0 amide bonds. The lowest BCUT2D eigenvalue weighted by Gasteiger charge is -2.40. The molecule has 0 bridgehead atoms. The lowest BCUT2D eigenvalue weighted by molar-refractivity contribution is -0.124. The predicted molar refractivity (Wildman–Crippen MR) is 94.8 cm³/mol. The molecular formula is C20H23N3O. The van der Waals surface area contributed by atoms with Gasteiger partial charge in [0.2, 0.25) is 0 Å². The number of aromatic amines is 1. The van der Waals surface area contributed by atoms with Crippen LogP contribution in [-0.4, -0.2) is 21.7 Å². The third-order valence-corrected chi connectivity index (χ3v) is 5.31.